The average molecular weight is 251 g/mol. The third-order valence-corrected chi connectivity index (χ3v) is 2.87. The van der Waals surface area contributed by atoms with Crippen molar-refractivity contribution >= 4 is 17.6 Å². The molecule has 7 nitrogen and oxygen atoms in total. The molecule has 2 heterocycles. The van der Waals surface area contributed by atoms with E-state index in [0.29, 0.717) is 16.0 Å². The van der Waals surface area contributed by atoms with Crippen molar-refractivity contribution in [3.05, 3.63) is 38.9 Å². The van der Waals surface area contributed by atoms with Gasteiger partial charge in [0.2, 0.25) is 0 Å². The minimum Gasteiger partial charge on any atom is -0.384 e. The maximum atomic E-state index is 11.1. The summed E-state index contributed by atoms with van der Waals surface area (Å²) < 4.78 is 1.36. The van der Waals surface area contributed by atoms with Crippen LogP contribution in [0.1, 0.15) is 0 Å². The second-order valence-electron chi connectivity index (χ2n) is 3.20. The molecule has 2 rings (SSSR count). The summed E-state index contributed by atoms with van der Waals surface area (Å²) >= 11 is 1.14. The molecular weight excluding hydrogens is 242 g/mol. The molecule has 88 valence electrons. The molecule has 0 atom stereocenters. The molecule has 0 radical (unpaired) electrons. The number of anilines is 1. The summed E-state index contributed by atoms with van der Waals surface area (Å²) in [6.45, 7) is 0. The number of nitrogen functional groups attached to an aromatic ring is 1. The predicted octanol–water partition coefficient (Wildman–Crippen LogP) is -0.403. The molecule has 0 saturated carbocycles. The molecule has 8 heteroatoms. The first-order valence-electron chi connectivity index (χ1n) is 4.64. The molecule has 0 amide bonds. The van der Waals surface area contributed by atoms with Crippen LogP contribution in [0.25, 0.3) is 0 Å². The Kier molecular flexibility index (Phi) is 2.96. The molecule has 0 aliphatic rings. The van der Waals surface area contributed by atoms with E-state index in [-0.39, 0.29) is 0 Å². The fourth-order valence-corrected chi connectivity index (χ4v) is 1.93. The quantitative estimate of drug-likeness (QED) is 0.703. The zero-order valence-electron chi connectivity index (χ0n) is 8.88. The molecule has 3 N–H and O–H groups in total. The van der Waals surface area contributed by atoms with Gasteiger partial charge < -0.3 is 5.73 Å². The summed E-state index contributed by atoms with van der Waals surface area (Å²) in [6, 6.07) is 5.14. The average Bonchev–Trinajstić information content (AvgIpc) is 2.26. The van der Waals surface area contributed by atoms with Crippen molar-refractivity contribution in [3.8, 4) is 0 Å². The summed E-state index contributed by atoms with van der Waals surface area (Å²) in [5.74, 6) is 0.379. The molecule has 0 bridgehead atoms. The first kappa shape index (κ1) is 11.4. The van der Waals surface area contributed by atoms with Gasteiger partial charge >= 0.3 is 11.1 Å². The van der Waals surface area contributed by atoms with Gasteiger partial charge in [0.05, 0.1) is 0 Å². The van der Waals surface area contributed by atoms with Crippen molar-refractivity contribution in [2.45, 2.75) is 10.2 Å². The highest BCUT2D eigenvalue weighted by Crippen LogP contribution is 2.22. The minimum absolute atomic E-state index is 0.340. The number of pyridine rings is 1. The molecule has 0 aliphatic heterocycles. The maximum Gasteiger partial charge on any atom is 0.339 e. The first-order valence-corrected chi connectivity index (χ1v) is 5.45. The lowest BCUT2D eigenvalue weighted by molar-refractivity contribution is 0.596. The predicted molar refractivity (Wildman–Crippen MR) is 62.9 cm³/mol. The zero-order chi connectivity index (χ0) is 12.4. The summed E-state index contributed by atoms with van der Waals surface area (Å²) in [5.41, 5.74) is 3.96. The van der Waals surface area contributed by atoms with Crippen molar-refractivity contribution in [1.29, 1.82) is 0 Å². The molecule has 2 aromatic rings. The van der Waals surface area contributed by atoms with E-state index in [4.69, 9.17) is 5.73 Å². The smallest absolute Gasteiger partial charge is 0.339 e. The second kappa shape index (κ2) is 4.42. The van der Waals surface area contributed by atoms with E-state index < -0.39 is 11.1 Å². The van der Waals surface area contributed by atoms with Crippen molar-refractivity contribution in [2.75, 3.05) is 5.73 Å². The number of rotatable bonds is 2. The van der Waals surface area contributed by atoms with Crippen molar-refractivity contribution in [2.24, 2.45) is 7.05 Å². The standard InChI is InChI=1S/C9H9N5O2S/c1-14-9(12-7(15)8(16)13-14)17-6-4-2-3-5(10)11-6/h2-4H,1H3,(H2,10,11)(H,13,16). The van der Waals surface area contributed by atoms with Crippen LogP contribution in [0.2, 0.25) is 0 Å². The van der Waals surface area contributed by atoms with Crippen molar-refractivity contribution in [1.82, 2.24) is 19.7 Å². The first-order chi connectivity index (χ1) is 8.06. The molecule has 2 aromatic heterocycles. The lowest BCUT2D eigenvalue weighted by Gasteiger charge is -2.05. The zero-order valence-corrected chi connectivity index (χ0v) is 9.69. The van der Waals surface area contributed by atoms with E-state index >= 15 is 0 Å². The van der Waals surface area contributed by atoms with Gasteiger partial charge in [-0.3, -0.25) is 19.4 Å². The highest BCUT2D eigenvalue weighted by Gasteiger charge is 2.06. The number of hydrogen-bond acceptors (Lipinski definition) is 6. The van der Waals surface area contributed by atoms with Crippen molar-refractivity contribution in [3.63, 3.8) is 0 Å². The fourth-order valence-electron chi connectivity index (χ4n) is 1.13. The third kappa shape index (κ3) is 2.53. The largest absolute Gasteiger partial charge is 0.384 e. The van der Waals surface area contributed by atoms with Gasteiger partial charge in [-0.05, 0) is 23.9 Å². The van der Waals surface area contributed by atoms with Crippen LogP contribution >= 0.6 is 11.8 Å². The molecule has 0 aromatic carbocycles. The van der Waals surface area contributed by atoms with E-state index in [1.54, 1.807) is 25.2 Å². The van der Waals surface area contributed by atoms with Gasteiger partial charge in [-0.25, -0.2) is 4.98 Å². The van der Waals surface area contributed by atoms with Gasteiger partial charge in [0.1, 0.15) is 10.8 Å². The Morgan fingerprint density at radius 1 is 1.35 bits per heavy atom. The lowest BCUT2D eigenvalue weighted by atomic mass is 10.5. The van der Waals surface area contributed by atoms with Crippen LogP contribution in [0.15, 0.2) is 38.0 Å². The summed E-state index contributed by atoms with van der Waals surface area (Å²) in [7, 11) is 1.59. The number of hydrogen-bond donors (Lipinski definition) is 2. The molecule has 0 aliphatic carbocycles. The molecular formula is C9H9N5O2S. The molecule has 0 fully saturated rings. The number of aryl methyl sites for hydroxylation is 1. The van der Waals surface area contributed by atoms with Crippen molar-refractivity contribution < 1.29 is 0 Å². The van der Waals surface area contributed by atoms with Crippen LogP contribution in [0.4, 0.5) is 5.82 Å². The van der Waals surface area contributed by atoms with Crippen LogP contribution in [0, 0.1) is 0 Å². The van der Waals surface area contributed by atoms with Crippen LogP contribution in [-0.2, 0) is 7.05 Å². The Labute approximate surface area is 99.7 Å². The number of nitrogens with one attached hydrogen (secondary N) is 1. The summed E-state index contributed by atoms with van der Waals surface area (Å²) in [5, 5.41) is 3.29. The van der Waals surface area contributed by atoms with Gasteiger partial charge in [-0.1, -0.05) is 6.07 Å². The SMILES string of the molecule is Cn1[nH]c(=O)c(=O)nc1Sc1cccc(N)n1. The van der Waals surface area contributed by atoms with E-state index in [0.717, 1.165) is 11.8 Å². The minimum atomic E-state index is -0.825. The number of nitrogens with two attached hydrogens (primary N) is 1. The number of aromatic amines is 1. The van der Waals surface area contributed by atoms with E-state index in [1.165, 1.54) is 4.68 Å². The van der Waals surface area contributed by atoms with Gasteiger partial charge in [-0.2, -0.15) is 4.98 Å². The highest BCUT2D eigenvalue weighted by atomic mass is 32.2. The van der Waals surface area contributed by atoms with E-state index in [2.05, 4.69) is 15.1 Å². The topological polar surface area (TPSA) is 107 Å². The highest BCUT2D eigenvalue weighted by molar-refractivity contribution is 7.99. The van der Waals surface area contributed by atoms with Crippen LogP contribution < -0.4 is 16.9 Å². The fraction of sp³-hybridized carbons (Fsp3) is 0.111. The molecule has 17 heavy (non-hydrogen) atoms. The Hall–Kier alpha value is -2.09. The Balaban J connectivity index is 2.40. The Morgan fingerprint density at radius 3 is 2.82 bits per heavy atom. The third-order valence-electron chi connectivity index (χ3n) is 1.89. The summed E-state index contributed by atoms with van der Waals surface area (Å²) in [4.78, 5) is 29.8. The number of H-pyrrole nitrogens is 1. The monoisotopic (exact) mass is 251 g/mol. The normalized spacial score (nSPS) is 10.4. The van der Waals surface area contributed by atoms with Gasteiger partial charge in [0.15, 0.2) is 5.16 Å². The molecule has 0 unspecified atom stereocenters. The number of nitrogens with zero attached hydrogens (tertiary/aromatic N) is 3. The Morgan fingerprint density at radius 2 is 2.12 bits per heavy atom. The van der Waals surface area contributed by atoms with E-state index in [9.17, 15) is 9.59 Å². The van der Waals surface area contributed by atoms with Gasteiger partial charge in [-0.15, -0.1) is 0 Å². The van der Waals surface area contributed by atoms with Crippen LogP contribution in [0.5, 0.6) is 0 Å². The molecule has 0 spiro atoms. The van der Waals surface area contributed by atoms with Crippen LogP contribution in [-0.4, -0.2) is 19.7 Å². The molecule has 0 saturated heterocycles. The lowest BCUT2D eigenvalue weighted by Crippen LogP contribution is -2.33. The second-order valence-corrected chi connectivity index (χ2v) is 4.19. The van der Waals surface area contributed by atoms with E-state index in [1.807, 2.05) is 0 Å². The Bertz CT molecular complexity index is 663. The summed E-state index contributed by atoms with van der Waals surface area (Å²) in [6.07, 6.45) is 0. The van der Waals surface area contributed by atoms with Gasteiger partial charge in [0.25, 0.3) is 0 Å². The number of aromatic nitrogens is 4. The maximum absolute atomic E-state index is 11.1. The van der Waals surface area contributed by atoms with Gasteiger partial charge in [0, 0.05) is 7.05 Å². The van der Waals surface area contributed by atoms with Crippen LogP contribution in [0.3, 0.4) is 0 Å².